The van der Waals surface area contributed by atoms with E-state index in [0.29, 0.717) is 11.1 Å². The van der Waals surface area contributed by atoms with Gasteiger partial charge in [-0.15, -0.1) is 0 Å². The Morgan fingerprint density at radius 2 is 1.93 bits per heavy atom. The van der Waals surface area contributed by atoms with Gasteiger partial charge in [0.25, 0.3) is 5.91 Å². The minimum atomic E-state index is -0.808. The van der Waals surface area contributed by atoms with E-state index in [1.165, 1.54) is 13.2 Å². The molecule has 0 bridgehead atoms. The molecule has 1 aromatic carbocycles. The minimum Gasteiger partial charge on any atom is -0.373 e. The fourth-order valence-corrected chi connectivity index (χ4v) is 2.90. The predicted octanol–water partition coefficient (Wildman–Crippen LogP) is 2.99. The van der Waals surface area contributed by atoms with E-state index in [4.69, 9.17) is 16.3 Å². The standard InChI is InChI=1S/C19H23ClFN3O4/c1-9(2)12-6-17(25)24(19(12)27)16-8-15(13(20)7-14(16)21)22-10(3)18(26)23-11(4)28-5/h7-8,10-11,22H,6H2,1-5H3,(H,23,26). The Hall–Kier alpha value is -2.45. The number of benzene rings is 1. The Labute approximate surface area is 167 Å². The van der Waals surface area contributed by atoms with Gasteiger partial charge in [0, 0.05) is 12.7 Å². The second-order valence-corrected chi connectivity index (χ2v) is 7.13. The van der Waals surface area contributed by atoms with Crippen molar-refractivity contribution in [2.45, 2.75) is 46.4 Å². The van der Waals surface area contributed by atoms with Crippen LogP contribution >= 0.6 is 11.6 Å². The summed E-state index contributed by atoms with van der Waals surface area (Å²) in [7, 11) is 1.46. The number of methoxy groups -OCH3 is 1. The summed E-state index contributed by atoms with van der Waals surface area (Å²) in [6, 6.07) is 1.53. The van der Waals surface area contributed by atoms with Crippen LogP contribution < -0.4 is 15.5 Å². The summed E-state index contributed by atoms with van der Waals surface area (Å²) in [5.74, 6) is -2.25. The SMILES string of the molecule is COC(C)NC(=O)C(C)Nc1cc(N2C(=O)CC(=C(C)C)C2=O)c(F)cc1Cl. The normalized spacial score (nSPS) is 16.2. The Morgan fingerprint density at radius 3 is 2.46 bits per heavy atom. The third kappa shape index (κ3) is 4.51. The number of anilines is 2. The molecule has 2 unspecified atom stereocenters. The Balaban J connectivity index is 2.33. The van der Waals surface area contributed by atoms with Gasteiger partial charge in [-0.2, -0.15) is 0 Å². The molecule has 1 fully saturated rings. The average Bonchev–Trinajstić information content (AvgIpc) is 2.91. The molecule has 7 nitrogen and oxygen atoms in total. The second-order valence-electron chi connectivity index (χ2n) is 6.73. The molecule has 28 heavy (non-hydrogen) atoms. The first-order valence-corrected chi connectivity index (χ1v) is 9.07. The number of nitrogens with zero attached hydrogens (tertiary/aromatic N) is 1. The number of carbonyl (C=O) groups is 3. The van der Waals surface area contributed by atoms with E-state index in [-0.39, 0.29) is 28.7 Å². The highest BCUT2D eigenvalue weighted by Crippen LogP contribution is 2.35. The smallest absolute Gasteiger partial charge is 0.261 e. The molecule has 0 radical (unpaired) electrons. The number of amides is 3. The molecular formula is C19H23ClFN3O4. The highest BCUT2D eigenvalue weighted by Gasteiger charge is 2.37. The van der Waals surface area contributed by atoms with E-state index in [0.717, 1.165) is 11.0 Å². The van der Waals surface area contributed by atoms with Crippen molar-refractivity contribution in [3.63, 3.8) is 0 Å². The molecule has 1 aliphatic heterocycles. The van der Waals surface area contributed by atoms with Gasteiger partial charge in [0.1, 0.15) is 18.1 Å². The lowest BCUT2D eigenvalue weighted by Gasteiger charge is -2.21. The van der Waals surface area contributed by atoms with Crippen molar-refractivity contribution in [3.05, 3.63) is 34.1 Å². The van der Waals surface area contributed by atoms with Gasteiger partial charge in [0.2, 0.25) is 11.8 Å². The van der Waals surface area contributed by atoms with Gasteiger partial charge in [-0.05, 0) is 39.8 Å². The summed E-state index contributed by atoms with van der Waals surface area (Å²) in [5.41, 5.74) is 1.05. The number of hydrogen-bond donors (Lipinski definition) is 2. The van der Waals surface area contributed by atoms with E-state index in [1.54, 1.807) is 27.7 Å². The molecule has 0 aliphatic carbocycles. The maximum Gasteiger partial charge on any atom is 0.261 e. The van der Waals surface area contributed by atoms with E-state index in [1.807, 2.05) is 0 Å². The van der Waals surface area contributed by atoms with Gasteiger partial charge in [0.15, 0.2) is 0 Å². The molecule has 2 rings (SSSR count). The van der Waals surface area contributed by atoms with Crippen molar-refractivity contribution in [2.75, 3.05) is 17.3 Å². The molecule has 0 saturated carbocycles. The second kappa shape index (κ2) is 8.70. The molecule has 9 heteroatoms. The van der Waals surface area contributed by atoms with Crippen LogP contribution in [0.3, 0.4) is 0 Å². The van der Waals surface area contributed by atoms with Crippen LogP contribution in [0.2, 0.25) is 5.02 Å². The first-order valence-electron chi connectivity index (χ1n) is 8.69. The van der Waals surface area contributed by atoms with Crippen molar-refractivity contribution in [1.29, 1.82) is 0 Å². The fourth-order valence-electron chi connectivity index (χ4n) is 2.69. The Kier molecular flexibility index (Phi) is 6.79. The molecule has 1 aromatic rings. The topological polar surface area (TPSA) is 87.7 Å². The summed E-state index contributed by atoms with van der Waals surface area (Å²) in [5, 5.41) is 5.50. The number of allylic oxidation sites excluding steroid dienone is 1. The minimum absolute atomic E-state index is 0.0159. The summed E-state index contributed by atoms with van der Waals surface area (Å²) < 4.78 is 19.5. The van der Waals surface area contributed by atoms with E-state index in [2.05, 4.69) is 10.6 Å². The van der Waals surface area contributed by atoms with E-state index < -0.39 is 29.9 Å². The molecule has 0 spiro atoms. The first-order chi connectivity index (χ1) is 13.1. The van der Waals surface area contributed by atoms with E-state index >= 15 is 0 Å². The average molecular weight is 412 g/mol. The molecule has 1 heterocycles. The molecule has 2 N–H and O–H groups in total. The quantitative estimate of drug-likeness (QED) is 0.427. The molecule has 0 aromatic heterocycles. The highest BCUT2D eigenvalue weighted by molar-refractivity contribution is 6.34. The lowest BCUT2D eigenvalue weighted by molar-refractivity contribution is -0.125. The Morgan fingerprint density at radius 1 is 1.29 bits per heavy atom. The van der Waals surface area contributed by atoms with Crippen molar-refractivity contribution in [1.82, 2.24) is 5.32 Å². The van der Waals surface area contributed by atoms with Gasteiger partial charge in [-0.1, -0.05) is 17.2 Å². The number of ether oxygens (including phenoxy) is 1. The molecule has 1 aliphatic rings. The van der Waals surface area contributed by atoms with Gasteiger partial charge in [-0.3, -0.25) is 14.4 Å². The van der Waals surface area contributed by atoms with Crippen molar-refractivity contribution < 1.29 is 23.5 Å². The van der Waals surface area contributed by atoms with Gasteiger partial charge >= 0.3 is 0 Å². The van der Waals surface area contributed by atoms with Crippen molar-refractivity contribution in [2.24, 2.45) is 0 Å². The number of halogens is 2. The summed E-state index contributed by atoms with van der Waals surface area (Å²) in [6.45, 7) is 6.69. The molecule has 152 valence electrons. The maximum atomic E-state index is 14.5. The van der Waals surface area contributed by atoms with Crippen LogP contribution in [0.15, 0.2) is 23.3 Å². The van der Waals surface area contributed by atoms with Crippen LogP contribution in [0.5, 0.6) is 0 Å². The van der Waals surface area contributed by atoms with Crippen LogP contribution in [0.1, 0.15) is 34.1 Å². The lowest BCUT2D eigenvalue weighted by Crippen LogP contribution is -2.42. The van der Waals surface area contributed by atoms with Gasteiger partial charge < -0.3 is 15.4 Å². The van der Waals surface area contributed by atoms with Crippen LogP contribution in [-0.4, -0.2) is 37.1 Å². The number of carbonyl (C=O) groups excluding carboxylic acids is 3. The number of rotatable bonds is 6. The molecule has 2 atom stereocenters. The molecule has 3 amide bonds. The molecule has 1 saturated heterocycles. The van der Waals surface area contributed by atoms with Crippen LogP contribution in [0, 0.1) is 5.82 Å². The van der Waals surface area contributed by atoms with Crippen molar-refractivity contribution in [3.8, 4) is 0 Å². The Bertz CT molecular complexity index is 852. The zero-order chi connectivity index (χ0) is 21.2. The molecular weight excluding hydrogens is 389 g/mol. The van der Waals surface area contributed by atoms with Crippen LogP contribution in [-0.2, 0) is 19.1 Å². The van der Waals surface area contributed by atoms with E-state index in [9.17, 15) is 18.8 Å². The largest absolute Gasteiger partial charge is 0.373 e. The fraction of sp³-hybridized carbons (Fsp3) is 0.421. The summed E-state index contributed by atoms with van der Waals surface area (Å²) >= 11 is 6.09. The predicted molar refractivity (Wildman–Crippen MR) is 105 cm³/mol. The third-order valence-corrected chi connectivity index (χ3v) is 4.70. The summed E-state index contributed by atoms with van der Waals surface area (Å²) in [6.07, 6.45) is -0.571. The zero-order valence-corrected chi connectivity index (χ0v) is 17.1. The number of imide groups is 1. The van der Waals surface area contributed by atoms with Crippen LogP contribution in [0.4, 0.5) is 15.8 Å². The summed E-state index contributed by atoms with van der Waals surface area (Å²) in [4.78, 5) is 37.8. The lowest BCUT2D eigenvalue weighted by atomic mass is 10.1. The van der Waals surface area contributed by atoms with Gasteiger partial charge in [0.05, 0.1) is 22.8 Å². The number of hydrogen-bond acceptors (Lipinski definition) is 5. The third-order valence-electron chi connectivity index (χ3n) is 4.38. The van der Waals surface area contributed by atoms with Gasteiger partial charge in [-0.25, -0.2) is 9.29 Å². The van der Waals surface area contributed by atoms with Crippen molar-refractivity contribution >= 4 is 40.7 Å². The number of nitrogens with one attached hydrogen (secondary N) is 2. The first kappa shape index (κ1) is 21.8. The monoisotopic (exact) mass is 411 g/mol. The highest BCUT2D eigenvalue weighted by atomic mass is 35.5. The van der Waals surface area contributed by atoms with Crippen LogP contribution in [0.25, 0.3) is 0 Å². The maximum absolute atomic E-state index is 14.5. The zero-order valence-electron chi connectivity index (χ0n) is 16.4.